The molecule has 94 valence electrons. The van der Waals surface area contributed by atoms with Crippen molar-refractivity contribution in [1.82, 2.24) is 0 Å². The third-order valence-electron chi connectivity index (χ3n) is 2.72. The van der Waals surface area contributed by atoms with E-state index in [2.05, 4.69) is 0 Å². The van der Waals surface area contributed by atoms with Crippen LogP contribution in [0, 0.1) is 0 Å². The number of hydrogen-bond acceptors (Lipinski definition) is 2. The van der Waals surface area contributed by atoms with Gasteiger partial charge in [-0.3, -0.25) is 0 Å². The zero-order valence-electron chi connectivity index (χ0n) is 10.3. The van der Waals surface area contributed by atoms with Crippen molar-refractivity contribution in [3.8, 4) is 5.75 Å². The Labute approximate surface area is 112 Å². The van der Waals surface area contributed by atoms with E-state index in [-0.39, 0.29) is 6.04 Å². The van der Waals surface area contributed by atoms with E-state index in [0.717, 1.165) is 21.9 Å². The normalized spacial score (nSPS) is 12.2. The minimum Gasteiger partial charge on any atom is -0.489 e. The Morgan fingerprint density at radius 2 is 1.67 bits per heavy atom. The molecular weight excluding hydrogens is 246 g/mol. The minimum absolute atomic E-state index is 0.0512. The highest BCUT2D eigenvalue weighted by molar-refractivity contribution is 6.30. The largest absolute Gasteiger partial charge is 0.489 e. The number of hydrogen-bond donors (Lipinski definition) is 1. The van der Waals surface area contributed by atoms with E-state index in [9.17, 15) is 0 Å². The molecular formula is C15H16ClNO. The van der Waals surface area contributed by atoms with Crippen LogP contribution in [0.1, 0.15) is 24.1 Å². The number of nitrogens with two attached hydrogens (primary N) is 1. The summed E-state index contributed by atoms with van der Waals surface area (Å²) in [5.41, 5.74) is 7.99. The SMILES string of the molecule is C[C@@H](N)c1ccc(OCc2ccc(Cl)cc2)cc1. The molecule has 0 aromatic heterocycles. The molecule has 0 aliphatic carbocycles. The molecule has 0 saturated heterocycles. The number of ether oxygens (including phenoxy) is 1. The third-order valence-corrected chi connectivity index (χ3v) is 2.98. The Hall–Kier alpha value is -1.51. The molecule has 0 amide bonds. The molecule has 2 rings (SSSR count). The second-order valence-corrected chi connectivity index (χ2v) is 4.71. The van der Waals surface area contributed by atoms with Crippen LogP contribution < -0.4 is 10.5 Å². The van der Waals surface area contributed by atoms with Gasteiger partial charge >= 0.3 is 0 Å². The van der Waals surface area contributed by atoms with Gasteiger partial charge in [-0.05, 0) is 42.3 Å². The van der Waals surface area contributed by atoms with Gasteiger partial charge in [-0.15, -0.1) is 0 Å². The molecule has 2 N–H and O–H groups in total. The van der Waals surface area contributed by atoms with Crippen LogP contribution >= 0.6 is 11.6 Å². The maximum atomic E-state index is 5.82. The average molecular weight is 262 g/mol. The summed E-state index contributed by atoms with van der Waals surface area (Å²) in [7, 11) is 0. The number of benzene rings is 2. The van der Waals surface area contributed by atoms with Crippen LogP contribution in [0.4, 0.5) is 0 Å². The van der Waals surface area contributed by atoms with E-state index in [0.29, 0.717) is 6.61 Å². The van der Waals surface area contributed by atoms with Gasteiger partial charge in [0.15, 0.2) is 0 Å². The summed E-state index contributed by atoms with van der Waals surface area (Å²) in [6.45, 7) is 2.50. The second-order valence-electron chi connectivity index (χ2n) is 4.27. The molecule has 18 heavy (non-hydrogen) atoms. The number of rotatable bonds is 4. The molecule has 0 aliphatic rings. The number of halogens is 1. The van der Waals surface area contributed by atoms with E-state index >= 15 is 0 Å². The highest BCUT2D eigenvalue weighted by Gasteiger charge is 2.00. The highest BCUT2D eigenvalue weighted by atomic mass is 35.5. The van der Waals surface area contributed by atoms with Crippen LogP contribution in [-0.4, -0.2) is 0 Å². The Bertz CT molecular complexity index is 491. The molecule has 0 heterocycles. The molecule has 0 bridgehead atoms. The summed E-state index contributed by atoms with van der Waals surface area (Å²) in [5, 5.41) is 0.736. The maximum Gasteiger partial charge on any atom is 0.119 e. The molecule has 0 spiro atoms. The smallest absolute Gasteiger partial charge is 0.119 e. The molecule has 0 saturated carbocycles. The fourth-order valence-corrected chi connectivity index (χ4v) is 1.74. The van der Waals surface area contributed by atoms with Gasteiger partial charge in [0.05, 0.1) is 0 Å². The van der Waals surface area contributed by atoms with E-state index in [1.807, 2.05) is 55.5 Å². The van der Waals surface area contributed by atoms with Crippen LogP contribution in [0.15, 0.2) is 48.5 Å². The Morgan fingerprint density at radius 3 is 2.22 bits per heavy atom. The van der Waals surface area contributed by atoms with Gasteiger partial charge < -0.3 is 10.5 Å². The first-order valence-electron chi connectivity index (χ1n) is 5.88. The molecule has 0 radical (unpaired) electrons. The van der Waals surface area contributed by atoms with Gasteiger partial charge in [-0.25, -0.2) is 0 Å². The fourth-order valence-electron chi connectivity index (χ4n) is 1.61. The summed E-state index contributed by atoms with van der Waals surface area (Å²) >= 11 is 5.82. The highest BCUT2D eigenvalue weighted by Crippen LogP contribution is 2.17. The second kappa shape index (κ2) is 5.89. The zero-order valence-corrected chi connectivity index (χ0v) is 11.0. The Kier molecular flexibility index (Phi) is 4.24. The standard InChI is InChI=1S/C15H16ClNO/c1-11(17)13-4-8-15(9-5-13)18-10-12-2-6-14(16)7-3-12/h2-9,11H,10,17H2,1H3/t11-/m1/s1. The van der Waals surface area contributed by atoms with Gasteiger partial charge in [-0.1, -0.05) is 35.9 Å². The first-order chi connectivity index (χ1) is 8.65. The Morgan fingerprint density at radius 1 is 1.06 bits per heavy atom. The lowest BCUT2D eigenvalue weighted by Crippen LogP contribution is -2.04. The van der Waals surface area contributed by atoms with E-state index in [1.54, 1.807) is 0 Å². The summed E-state index contributed by atoms with van der Waals surface area (Å²) in [5.74, 6) is 0.842. The van der Waals surface area contributed by atoms with Crippen molar-refractivity contribution in [3.05, 3.63) is 64.7 Å². The van der Waals surface area contributed by atoms with E-state index < -0.39 is 0 Å². The monoisotopic (exact) mass is 261 g/mol. The van der Waals surface area contributed by atoms with Crippen LogP contribution in [-0.2, 0) is 6.61 Å². The van der Waals surface area contributed by atoms with Gasteiger partial charge in [0, 0.05) is 11.1 Å². The minimum atomic E-state index is 0.0512. The quantitative estimate of drug-likeness (QED) is 0.905. The van der Waals surface area contributed by atoms with Crippen LogP contribution in [0.5, 0.6) is 5.75 Å². The predicted octanol–water partition coefficient (Wildman–Crippen LogP) is 3.94. The molecule has 2 aromatic carbocycles. The molecule has 0 aliphatic heterocycles. The van der Waals surface area contributed by atoms with Crippen LogP contribution in [0.3, 0.4) is 0 Å². The summed E-state index contributed by atoms with van der Waals surface area (Å²) in [6, 6.07) is 15.5. The van der Waals surface area contributed by atoms with Gasteiger partial charge in [-0.2, -0.15) is 0 Å². The van der Waals surface area contributed by atoms with Crippen LogP contribution in [0.2, 0.25) is 5.02 Å². The third kappa shape index (κ3) is 3.49. The molecule has 1 atom stereocenters. The van der Waals surface area contributed by atoms with Crippen molar-refractivity contribution in [2.24, 2.45) is 5.73 Å². The topological polar surface area (TPSA) is 35.2 Å². The zero-order chi connectivity index (χ0) is 13.0. The lowest BCUT2D eigenvalue weighted by atomic mass is 10.1. The lowest BCUT2D eigenvalue weighted by molar-refractivity contribution is 0.306. The summed E-state index contributed by atoms with van der Waals surface area (Å²) in [6.07, 6.45) is 0. The molecule has 2 nitrogen and oxygen atoms in total. The Balaban J connectivity index is 1.95. The van der Waals surface area contributed by atoms with Crippen molar-refractivity contribution in [2.45, 2.75) is 19.6 Å². The van der Waals surface area contributed by atoms with E-state index in [1.165, 1.54) is 0 Å². The van der Waals surface area contributed by atoms with Crippen molar-refractivity contribution in [2.75, 3.05) is 0 Å². The summed E-state index contributed by atoms with van der Waals surface area (Å²) in [4.78, 5) is 0. The van der Waals surface area contributed by atoms with Crippen molar-refractivity contribution in [3.63, 3.8) is 0 Å². The van der Waals surface area contributed by atoms with Gasteiger partial charge in [0.25, 0.3) is 0 Å². The van der Waals surface area contributed by atoms with E-state index in [4.69, 9.17) is 22.1 Å². The van der Waals surface area contributed by atoms with Gasteiger partial charge in [0.2, 0.25) is 0 Å². The van der Waals surface area contributed by atoms with Crippen molar-refractivity contribution >= 4 is 11.6 Å². The molecule has 3 heteroatoms. The van der Waals surface area contributed by atoms with Crippen LogP contribution in [0.25, 0.3) is 0 Å². The molecule has 2 aromatic rings. The predicted molar refractivity (Wildman–Crippen MR) is 74.8 cm³/mol. The van der Waals surface area contributed by atoms with Crippen molar-refractivity contribution < 1.29 is 4.74 Å². The maximum absolute atomic E-state index is 5.82. The fraction of sp³-hybridized carbons (Fsp3) is 0.200. The average Bonchev–Trinajstić information content (AvgIpc) is 2.38. The van der Waals surface area contributed by atoms with Crippen molar-refractivity contribution in [1.29, 1.82) is 0 Å². The first-order valence-corrected chi connectivity index (χ1v) is 6.26. The first kappa shape index (κ1) is 12.9. The molecule has 0 fully saturated rings. The van der Waals surface area contributed by atoms with Gasteiger partial charge in [0.1, 0.15) is 12.4 Å². The molecule has 0 unspecified atom stereocenters. The lowest BCUT2D eigenvalue weighted by Gasteiger charge is -2.09. The summed E-state index contributed by atoms with van der Waals surface area (Å²) < 4.78 is 5.68.